The summed E-state index contributed by atoms with van der Waals surface area (Å²) in [4.78, 5) is 2.29. The van der Waals surface area contributed by atoms with Crippen molar-refractivity contribution in [3.05, 3.63) is 0 Å². The van der Waals surface area contributed by atoms with E-state index in [2.05, 4.69) is 32.7 Å². The van der Waals surface area contributed by atoms with Gasteiger partial charge in [-0.3, -0.25) is 0 Å². The molecule has 0 amide bonds. The fourth-order valence-corrected chi connectivity index (χ4v) is 1.17. The van der Waals surface area contributed by atoms with Crippen molar-refractivity contribution >= 4 is 0 Å². The van der Waals surface area contributed by atoms with Gasteiger partial charge in [-0.1, -0.05) is 13.8 Å². The fraction of sp³-hybridized carbons (Fsp3) is 1.00. The number of aliphatic hydroxyl groups is 1. The zero-order chi connectivity index (χ0) is 10.4. The molecule has 0 bridgehead atoms. The Labute approximate surface area is 81.9 Å². The Morgan fingerprint density at radius 1 is 1.31 bits per heavy atom. The SMILES string of the molecule is CC(C)C(C)N(C)CCC(N)CO. The maximum atomic E-state index is 8.75. The van der Waals surface area contributed by atoms with Crippen LogP contribution in [0.4, 0.5) is 0 Å². The Hall–Kier alpha value is -0.120. The van der Waals surface area contributed by atoms with Gasteiger partial charge in [-0.05, 0) is 32.9 Å². The number of hydrogen-bond acceptors (Lipinski definition) is 3. The van der Waals surface area contributed by atoms with Crippen molar-refractivity contribution in [2.45, 2.75) is 39.3 Å². The second-order valence-corrected chi connectivity index (χ2v) is 4.20. The smallest absolute Gasteiger partial charge is 0.0583 e. The molecule has 0 aromatic carbocycles. The van der Waals surface area contributed by atoms with E-state index in [0.29, 0.717) is 12.0 Å². The first kappa shape index (κ1) is 12.9. The second-order valence-electron chi connectivity index (χ2n) is 4.20. The van der Waals surface area contributed by atoms with Crippen LogP contribution < -0.4 is 5.73 Å². The van der Waals surface area contributed by atoms with Crippen molar-refractivity contribution in [2.75, 3.05) is 20.2 Å². The molecule has 3 nitrogen and oxygen atoms in total. The number of nitrogens with two attached hydrogens (primary N) is 1. The lowest BCUT2D eigenvalue weighted by molar-refractivity contribution is 0.187. The third-order valence-electron chi connectivity index (χ3n) is 2.75. The van der Waals surface area contributed by atoms with Gasteiger partial charge in [0, 0.05) is 12.1 Å². The molecule has 0 radical (unpaired) electrons. The molecule has 0 saturated heterocycles. The van der Waals surface area contributed by atoms with E-state index in [-0.39, 0.29) is 12.6 Å². The van der Waals surface area contributed by atoms with Crippen molar-refractivity contribution in [1.29, 1.82) is 0 Å². The van der Waals surface area contributed by atoms with E-state index in [1.165, 1.54) is 0 Å². The fourth-order valence-electron chi connectivity index (χ4n) is 1.17. The predicted octanol–water partition coefficient (Wildman–Crippen LogP) is 0.672. The van der Waals surface area contributed by atoms with E-state index in [4.69, 9.17) is 10.8 Å². The summed E-state index contributed by atoms with van der Waals surface area (Å²) < 4.78 is 0. The summed E-state index contributed by atoms with van der Waals surface area (Å²) in [5, 5.41) is 8.75. The summed E-state index contributed by atoms with van der Waals surface area (Å²) in [6.45, 7) is 7.69. The van der Waals surface area contributed by atoms with Crippen molar-refractivity contribution in [2.24, 2.45) is 11.7 Å². The Kier molecular flexibility index (Phi) is 6.29. The number of aliphatic hydroxyl groups excluding tert-OH is 1. The molecular formula is C10H24N2O. The van der Waals surface area contributed by atoms with E-state index in [9.17, 15) is 0 Å². The Morgan fingerprint density at radius 3 is 2.23 bits per heavy atom. The highest BCUT2D eigenvalue weighted by Crippen LogP contribution is 2.08. The summed E-state index contributed by atoms with van der Waals surface area (Å²) in [7, 11) is 2.11. The summed E-state index contributed by atoms with van der Waals surface area (Å²) in [5.74, 6) is 0.662. The largest absolute Gasteiger partial charge is 0.395 e. The standard InChI is InChI=1S/C10H24N2O/c1-8(2)9(3)12(4)6-5-10(11)7-13/h8-10,13H,5-7,11H2,1-4H3. The third-order valence-corrected chi connectivity index (χ3v) is 2.75. The minimum Gasteiger partial charge on any atom is -0.395 e. The molecule has 0 rings (SSSR count). The van der Waals surface area contributed by atoms with Crippen LogP contribution in [0.1, 0.15) is 27.2 Å². The lowest BCUT2D eigenvalue weighted by Crippen LogP contribution is -2.37. The van der Waals surface area contributed by atoms with Crippen LogP contribution in [0.3, 0.4) is 0 Å². The van der Waals surface area contributed by atoms with E-state index in [1.807, 2.05) is 0 Å². The van der Waals surface area contributed by atoms with Crippen molar-refractivity contribution < 1.29 is 5.11 Å². The molecule has 0 aromatic heterocycles. The average molecular weight is 188 g/mol. The van der Waals surface area contributed by atoms with Gasteiger partial charge < -0.3 is 15.7 Å². The quantitative estimate of drug-likeness (QED) is 0.644. The molecular weight excluding hydrogens is 164 g/mol. The Morgan fingerprint density at radius 2 is 1.85 bits per heavy atom. The van der Waals surface area contributed by atoms with Gasteiger partial charge in [0.2, 0.25) is 0 Å². The first-order valence-corrected chi connectivity index (χ1v) is 5.05. The van der Waals surface area contributed by atoms with E-state index < -0.39 is 0 Å². The number of rotatable bonds is 6. The number of hydrogen-bond donors (Lipinski definition) is 2. The molecule has 3 heteroatoms. The molecule has 0 aromatic rings. The molecule has 0 fully saturated rings. The maximum absolute atomic E-state index is 8.75. The molecule has 0 spiro atoms. The highest BCUT2D eigenvalue weighted by atomic mass is 16.3. The molecule has 3 N–H and O–H groups in total. The summed E-state index contributed by atoms with van der Waals surface area (Å²) in [5.41, 5.74) is 5.62. The van der Waals surface area contributed by atoms with Gasteiger partial charge >= 0.3 is 0 Å². The summed E-state index contributed by atoms with van der Waals surface area (Å²) in [6.07, 6.45) is 0.865. The second kappa shape index (κ2) is 6.35. The van der Waals surface area contributed by atoms with Crippen molar-refractivity contribution in [1.82, 2.24) is 4.90 Å². The van der Waals surface area contributed by atoms with Crippen LogP contribution in [0.25, 0.3) is 0 Å². The molecule has 0 aliphatic rings. The normalized spacial score (nSPS) is 16.6. The highest BCUT2D eigenvalue weighted by molar-refractivity contribution is 4.69. The van der Waals surface area contributed by atoms with Crippen molar-refractivity contribution in [3.8, 4) is 0 Å². The molecule has 0 heterocycles. The molecule has 0 aliphatic heterocycles. The minimum atomic E-state index is -0.0678. The van der Waals surface area contributed by atoms with Crippen molar-refractivity contribution in [3.63, 3.8) is 0 Å². The van der Waals surface area contributed by atoms with Gasteiger partial charge in [-0.25, -0.2) is 0 Å². The minimum absolute atomic E-state index is 0.0678. The zero-order valence-electron chi connectivity index (χ0n) is 9.33. The van der Waals surface area contributed by atoms with Crippen LogP contribution in [0.15, 0.2) is 0 Å². The third kappa shape index (κ3) is 5.24. The molecule has 2 atom stereocenters. The van der Waals surface area contributed by atoms with E-state index in [0.717, 1.165) is 13.0 Å². The topological polar surface area (TPSA) is 49.5 Å². The summed E-state index contributed by atoms with van der Waals surface area (Å²) in [6, 6.07) is 0.507. The van der Waals surface area contributed by atoms with E-state index in [1.54, 1.807) is 0 Å². The predicted molar refractivity (Wildman–Crippen MR) is 56.6 cm³/mol. The number of nitrogens with zero attached hydrogens (tertiary/aromatic N) is 1. The highest BCUT2D eigenvalue weighted by Gasteiger charge is 2.13. The monoisotopic (exact) mass is 188 g/mol. The molecule has 13 heavy (non-hydrogen) atoms. The van der Waals surface area contributed by atoms with Crippen LogP contribution in [0.2, 0.25) is 0 Å². The van der Waals surface area contributed by atoms with Gasteiger partial charge in [0.05, 0.1) is 6.61 Å². The maximum Gasteiger partial charge on any atom is 0.0583 e. The Balaban J connectivity index is 3.67. The first-order valence-electron chi connectivity index (χ1n) is 5.05. The molecule has 0 aliphatic carbocycles. The van der Waals surface area contributed by atoms with Gasteiger partial charge in [0.25, 0.3) is 0 Å². The van der Waals surface area contributed by atoms with Gasteiger partial charge in [0.1, 0.15) is 0 Å². The molecule has 2 unspecified atom stereocenters. The average Bonchev–Trinajstić information content (AvgIpc) is 2.11. The van der Waals surface area contributed by atoms with Crippen LogP contribution in [0, 0.1) is 5.92 Å². The summed E-state index contributed by atoms with van der Waals surface area (Å²) >= 11 is 0. The van der Waals surface area contributed by atoms with Gasteiger partial charge in [-0.15, -0.1) is 0 Å². The van der Waals surface area contributed by atoms with Crippen LogP contribution in [-0.2, 0) is 0 Å². The van der Waals surface area contributed by atoms with Crippen LogP contribution >= 0.6 is 0 Å². The molecule has 80 valence electrons. The van der Waals surface area contributed by atoms with Crippen LogP contribution in [0.5, 0.6) is 0 Å². The van der Waals surface area contributed by atoms with Crippen LogP contribution in [-0.4, -0.2) is 42.3 Å². The Bertz CT molecular complexity index is 128. The first-order chi connectivity index (χ1) is 5.99. The lowest BCUT2D eigenvalue weighted by Gasteiger charge is -2.28. The lowest BCUT2D eigenvalue weighted by atomic mass is 10.0. The van der Waals surface area contributed by atoms with E-state index >= 15 is 0 Å². The molecule has 0 saturated carbocycles. The van der Waals surface area contributed by atoms with Gasteiger partial charge in [0.15, 0.2) is 0 Å². The zero-order valence-corrected chi connectivity index (χ0v) is 9.33. The van der Waals surface area contributed by atoms with Gasteiger partial charge in [-0.2, -0.15) is 0 Å².